The molecule has 1 aromatic carbocycles. The van der Waals surface area contributed by atoms with Crippen LogP contribution in [0.15, 0.2) is 18.2 Å². The third-order valence-electron chi connectivity index (χ3n) is 3.37. The predicted molar refractivity (Wildman–Crippen MR) is 79.1 cm³/mol. The minimum Gasteiger partial charge on any atom is -0.487 e. The average Bonchev–Trinajstić information content (AvgIpc) is 2.72. The molecule has 0 aliphatic carbocycles. The Bertz CT molecular complexity index is 432. The third-order valence-corrected chi connectivity index (χ3v) is 3.37. The van der Waals surface area contributed by atoms with Crippen molar-refractivity contribution < 1.29 is 14.6 Å². The number of para-hydroxylation sites is 1. The Morgan fingerprint density at radius 2 is 2.20 bits per heavy atom. The fourth-order valence-electron chi connectivity index (χ4n) is 2.51. The Morgan fingerprint density at radius 3 is 3.00 bits per heavy atom. The summed E-state index contributed by atoms with van der Waals surface area (Å²) in [6.45, 7) is 7.18. The predicted octanol–water partition coefficient (Wildman–Crippen LogP) is 1.89. The van der Waals surface area contributed by atoms with Gasteiger partial charge < -0.3 is 19.9 Å². The molecule has 2 rings (SSSR count). The van der Waals surface area contributed by atoms with Gasteiger partial charge in [0, 0.05) is 25.1 Å². The molecule has 0 fully saturated rings. The summed E-state index contributed by atoms with van der Waals surface area (Å²) in [4.78, 5) is 0. The van der Waals surface area contributed by atoms with Gasteiger partial charge in [0.15, 0.2) is 0 Å². The molecule has 112 valence electrons. The summed E-state index contributed by atoms with van der Waals surface area (Å²) in [7, 11) is 0. The molecule has 0 amide bonds. The van der Waals surface area contributed by atoms with Gasteiger partial charge in [0.2, 0.25) is 0 Å². The summed E-state index contributed by atoms with van der Waals surface area (Å²) in [6, 6.07) is 6.37. The maximum atomic E-state index is 8.59. The number of rotatable bonds is 8. The molecule has 4 nitrogen and oxygen atoms in total. The molecule has 0 radical (unpaired) electrons. The highest BCUT2D eigenvalue weighted by molar-refractivity contribution is 5.45. The second-order valence-corrected chi connectivity index (χ2v) is 5.81. The van der Waals surface area contributed by atoms with Crippen LogP contribution < -0.4 is 10.1 Å². The Morgan fingerprint density at radius 1 is 1.35 bits per heavy atom. The van der Waals surface area contributed by atoms with E-state index in [9.17, 15) is 0 Å². The van der Waals surface area contributed by atoms with Crippen molar-refractivity contribution in [2.75, 3.05) is 26.4 Å². The summed E-state index contributed by atoms with van der Waals surface area (Å²) in [5.41, 5.74) is 2.45. The lowest BCUT2D eigenvalue weighted by Crippen LogP contribution is -2.25. The zero-order chi connectivity index (χ0) is 14.4. The molecule has 20 heavy (non-hydrogen) atoms. The lowest BCUT2D eigenvalue weighted by atomic mass is 10.0. The molecular formula is C16H25NO3. The highest BCUT2D eigenvalue weighted by Crippen LogP contribution is 2.37. The zero-order valence-corrected chi connectivity index (χ0v) is 12.4. The van der Waals surface area contributed by atoms with E-state index in [-0.39, 0.29) is 12.2 Å². The van der Waals surface area contributed by atoms with Crippen LogP contribution in [0.2, 0.25) is 0 Å². The molecule has 0 spiro atoms. The van der Waals surface area contributed by atoms with Crippen LogP contribution in [0.5, 0.6) is 5.75 Å². The number of ether oxygens (including phenoxy) is 2. The minimum absolute atomic E-state index is 0.0867. The van der Waals surface area contributed by atoms with Gasteiger partial charge in [-0.15, -0.1) is 0 Å². The summed E-state index contributed by atoms with van der Waals surface area (Å²) in [6.07, 6.45) is 1.92. The normalized spacial score (nSPS) is 15.9. The van der Waals surface area contributed by atoms with Crippen molar-refractivity contribution in [1.29, 1.82) is 0 Å². The van der Waals surface area contributed by atoms with Gasteiger partial charge in [-0.25, -0.2) is 0 Å². The van der Waals surface area contributed by atoms with Crippen LogP contribution >= 0.6 is 0 Å². The smallest absolute Gasteiger partial charge is 0.127 e. The van der Waals surface area contributed by atoms with Crippen molar-refractivity contribution in [3.05, 3.63) is 29.3 Å². The van der Waals surface area contributed by atoms with Gasteiger partial charge in [-0.05, 0) is 32.4 Å². The number of aliphatic hydroxyl groups excluding tert-OH is 1. The van der Waals surface area contributed by atoms with E-state index in [1.807, 2.05) is 0 Å². The summed E-state index contributed by atoms with van der Waals surface area (Å²) < 4.78 is 11.3. The number of fused-ring (bicyclic) bond motifs is 1. The number of hydrogen-bond acceptors (Lipinski definition) is 4. The quantitative estimate of drug-likeness (QED) is 0.714. The highest BCUT2D eigenvalue weighted by atomic mass is 16.5. The summed E-state index contributed by atoms with van der Waals surface area (Å²) in [5.74, 6) is 1.06. The topological polar surface area (TPSA) is 50.7 Å². The van der Waals surface area contributed by atoms with Gasteiger partial charge in [-0.2, -0.15) is 0 Å². The molecule has 1 heterocycles. The van der Waals surface area contributed by atoms with Crippen molar-refractivity contribution >= 4 is 0 Å². The maximum Gasteiger partial charge on any atom is 0.127 e. The van der Waals surface area contributed by atoms with Gasteiger partial charge in [0.05, 0.1) is 13.2 Å². The first kappa shape index (κ1) is 15.3. The van der Waals surface area contributed by atoms with Crippen molar-refractivity contribution in [2.45, 2.75) is 38.8 Å². The monoisotopic (exact) mass is 279 g/mol. The number of benzene rings is 1. The molecule has 0 unspecified atom stereocenters. The maximum absolute atomic E-state index is 8.59. The van der Waals surface area contributed by atoms with Crippen LogP contribution in [0.1, 0.15) is 31.4 Å². The first-order valence-electron chi connectivity index (χ1n) is 7.31. The van der Waals surface area contributed by atoms with Gasteiger partial charge in [0.25, 0.3) is 0 Å². The molecule has 0 atom stereocenters. The van der Waals surface area contributed by atoms with Gasteiger partial charge in [0.1, 0.15) is 11.4 Å². The number of hydrogen-bond donors (Lipinski definition) is 2. The third kappa shape index (κ3) is 4.20. The SMILES string of the molecule is CC1(C)Cc2cccc(CNCCCOCCO)c2O1. The average molecular weight is 279 g/mol. The van der Waals surface area contributed by atoms with Crippen molar-refractivity contribution in [2.24, 2.45) is 0 Å². The zero-order valence-electron chi connectivity index (χ0n) is 12.4. The van der Waals surface area contributed by atoms with Crippen LogP contribution in [0.3, 0.4) is 0 Å². The number of nitrogens with one attached hydrogen (secondary N) is 1. The van der Waals surface area contributed by atoms with Crippen LogP contribution in [-0.2, 0) is 17.7 Å². The van der Waals surface area contributed by atoms with E-state index in [1.54, 1.807) is 0 Å². The Labute approximate surface area is 121 Å². The van der Waals surface area contributed by atoms with Gasteiger partial charge in [-0.3, -0.25) is 0 Å². The minimum atomic E-state index is -0.0867. The van der Waals surface area contributed by atoms with Crippen molar-refractivity contribution in [1.82, 2.24) is 5.32 Å². The molecular weight excluding hydrogens is 254 g/mol. The van der Waals surface area contributed by atoms with Crippen molar-refractivity contribution in [3.63, 3.8) is 0 Å². The van der Waals surface area contributed by atoms with Crippen LogP contribution in [0, 0.1) is 0 Å². The summed E-state index contributed by atoms with van der Waals surface area (Å²) >= 11 is 0. The molecule has 1 aromatic rings. The standard InChI is InChI=1S/C16H25NO3/c1-16(2)11-13-5-3-6-14(15(13)20-16)12-17-7-4-9-19-10-8-18/h3,5-6,17-18H,4,7-12H2,1-2H3. The van der Waals surface area contributed by atoms with E-state index >= 15 is 0 Å². The van der Waals surface area contributed by atoms with E-state index in [1.165, 1.54) is 11.1 Å². The highest BCUT2D eigenvalue weighted by Gasteiger charge is 2.31. The first-order valence-corrected chi connectivity index (χ1v) is 7.31. The second-order valence-electron chi connectivity index (χ2n) is 5.81. The Kier molecular flexibility index (Phi) is 5.40. The van der Waals surface area contributed by atoms with E-state index < -0.39 is 0 Å². The molecule has 2 N–H and O–H groups in total. The Balaban J connectivity index is 1.76. The second kappa shape index (κ2) is 7.07. The van der Waals surface area contributed by atoms with Gasteiger partial charge >= 0.3 is 0 Å². The van der Waals surface area contributed by atoms with Crippen LogP contribution in [0.4, 0.5) is 0 Å². The lowest BCUT2D eigenvalue weighted by Gasteiger charge is -2.18. The largest absolute Gasteiger partial charge is 0.487 e. The van der Waals surface area contributed by atoms with E-state index in [0.29, 0.717) is 13.2 Å². The molecule has 0 saturated heterocycles. The molecule has 0 saturated carbocycles. The van der Waals surface area contributed by atoms with E-state index in [2.05, 4.69) is 37.4 Å². The van der Waals surface area contributed by atoms with E-state index in [4.69, 9.17) is 14.6 Å². The number of aliphatic hydroxyl groups is 1. The Hall–Kier alpha value is -1.10. The summed E-state index contributed by atoms with van der Waals surface area (Å²) in [5, 5.41) is 12.0. The fourth-order valence-corrected chi connectivity index (χ4v) is 2.51. The fraction of sp³-hybridized carbons (Fsp3) is 0.625. The molecule has 0 bridgehead atoms. The van der Waals surface area contributed by atoms with Crippen LogP contribution in [-0.4, -0.2) is 37.1 Å². The lowest BCUT2D eigenvalue weighted by molar-refractivity contribution is 0.0907. The van der Waals surface area contributed by atoms with Crippen molar-refractivity contribution in [3.8, 4) is 5.75 Å². The molecule has 0 aromatic heterocycles. The molecule has 4 heteroatoms. The molecule has 1 aliphatic heterocycles. The van der Waals surface area contributed by atoms with E-state index in [0.717, 1.165) is 31.7 Å². The van der Waals surface area contributed by atoms with Gasteiger partial charge in [-0.1, -0.05) is 18.2 Å². The first-order chi connectivity index (χ1) is 9.62. The van der Waals surface area contributed by atoms with Crippen LogP contribution in [0.25, 0.3) is 0 Å². The molecule has 1 aliphatic rings.